The van der Waals surface area contributed by atoms with Crippen LogP contribution in [0, 0.1) is 35.5 Å². The molecule has 1 aliphatic heterocycles. The Morgan fingerprint density at radius 3 is 2.53 bits per heavy atom. The van der Waals surface area contributed by atoms with Gasteiger partial charge >= 0.3 is 0 Å². The van der Waals surface area contributed by atoms with Crippen LogP contribution in [0.4, 0.5) is 0 Å². The lowest BCUT2D eigenvalue weighted by atomic mass is 9.88. The highest BCUT2D eigenvalue weighted by atomic mass is 16.5. The molecular weight excluding hydrogens is 210 g/mol. The highest BCUT2D eigenvalue weighted by molar-refractivity contribution is 5.16. The Morgan fingerprint density at radius 2 is 1.94 bits per heavy atom. The van der Waals surface area contributed by atoms with Crippen LogP contribution in [0.2, 0.25) is 0 Å². The van der Waals surface area contributed by atoms with Crippen LogP contribution >= 0.6 is 0 Å². The van der Waals surface area contributed by atoms with Gasteiger partial charge in [0.15, 0.2) is 0 Å². The third kappa shape index (κ3) is 1.53. The molecular formula is C15H25NO. The summed E-state index contributed by atoms with van der Waals surface area (Å²) in [5.41, 5.74) is 0. The van der Waals surface area contributed by atoms with Crippen molar-refractivity contribution in [3.8, 4) is 0 Å². The van der Waals surface area contributed by atoms with Crippen LogP contribution < -0.4 is 5.32 Å². The van der Waals surface area contributed by atoms with Crippen LogP contribution in [-0.2, 0) is 4.74 Å². The highest BCUT2D eigenvalue weighted by Gasteiger charge is 2.67. The Balaban J connectivity index is 1.49. The second-order valence-electron chi connectivity index (χ2n) is 6.77. The van der Waals surface area contributed by atoms with Crippen LogP contribution in [-0.4, -0.2) is 25.8 Å². The van der Waals surface area contributed by atoms with E-state index in [0.29, 0.717) is 0 Å². The highest BCUT2D eigenvalue weighted by Crippen LogP contribution is 2.70. The number of nitrogens with one attached hydrogen (secondary N) is 1. The molecule has 17 heavy (non-hydrogen) atoms. The third-order valence-corrected chi connectivity index (χ3v) is 6.12. The fourth-order valence-corrected chi connectivity index (χ4v) is 5.56. The molecule has 6 atom stereocenters. The second kappa shape index (κ2) is 3.96. The first-order chi connectivity index (χ1) is 8.40. The van der Waals surface area contributed by atoms with Crippen molar-refractivity contribution in [2.24, 2.45) is 35.5 Å². The lowest BCUT2D eigenvalue weighted by Crippen LogP contribution is -2.40. The van der Waals surface area contributed by atoms with E-state index in [2.05, 4.69) is 12.2 Å². The maximum atomic E-state index is 5.61. The first-order valence-electron chi connectivity index (χ1n) is 7.71. The minimum atomic E-state index is 0.779. The molecule has 0 radical (unpaired) electrons. The normalized spacial score (nSPS) is 52.8. The monoisotopic (exact) mass is 235 g/mol. The minimum absolute atomic E-state index is 0.779. The molecule has 4 fully saturated rings. The van der Waals surface area contributed by atoms with Crippen LogP contribution in [0.15, 0.2) is 0 Å². The molecule has 2 heteroatoms. The van der Waals surface area contributed by atoms with Crippen LogP contribution in [0.3, 0.4) is 0 Å². The van der Waals surface area contributed by atoms with Crippen LogP contribution in [0.1, 0.15) is 32.6 Å². The predicted molar refractivity (Wildman–Crippen MR) is 67.7 cm³/mol. The fourth-order valence-electron chi connectivity index (χ4n) is 5.56. The van der Waals surface area contributed by atoms with Crippen molar-refractivity contribution in [2.75, 3.05) is 19.8 Å². The molecule has 4 aliphatic rings. The summed E-state index contributed by atoms with van der Waals surface area (Å²) < 4.78 is 5.61. The molecule has 4 rings (SSSR count). The Morgan fingerprint density at radius 1 is 1.18 bits per heavy atom. The van der Waals surface area contributed by atoms with E-state index in [1.54, 1.807) is 19.3 Å². The third-order valence-electron chi connectivity index (χ3n) is 6.12. The lowest BCUT2D eigenvalue weighted by Gasteiger charge is -2.26. The predicted octanol–water partition coefficient (Wildman–Crippen LogP) is 2.29. The van der Waals surface area contributed by atoms with Gasteiger partial charge in [0.2, 0.25) is 0 Å². The topological polar surface area (TPSA) is 21.3 Å². The summed E-state index contributed by atoms with van der Waals surface area (Å²) in [5, 5.41) is 3.80. The summed E-state index contributed by atoms with van der Waals surface area (Å²) in [5.74, 6) is 6.27. The van der Waals surface area contributed by atoms with Gasteiger partial charge in [0, 0.05) is 18.6 Å². The van der Waals surface area contributed by atoms with Gasteiger partial charge in [-0.3, -0.25) is 0 Å². The molecule has 3 saturated carbocycles. The van der Waals surface area contributed by atoms with Gasteiger partial charge < -0.3 is 10.1 Å². The average molecular weight is 235 g/mol. The molecule has 1 N–H and O–H groups in total. The average Bonchev–Trinajstić information content (AvgIpc) is 2.82. The van der Waals surface area contributed by atoms with E-state index in [9.17, 15) is 0 Å². The summed E-state index contributed by atoms with van der Waals surface area (Å²) >= 11 is 0. The first-order valence-corrected chi connectivity index (χ1v) is 7.71. The van der Waals surface area contributed by atoms with Gasteiger partial charge in [0.05, 0.1) is 6.61 Å². The largest absolute Gasteiger partial charge is 0.381 e. The van der Waals surface area contributed by atoms with Crippen molar-refractivity contribution in [3.63, 3.8) is 0 Å². The molecule has 0 aromatic heterocycles. The molecule has 1 saturated heterocycles. The molecule has 3 aliphatic carbocycles. The second-order valence-corrected chi connectivity index (χ2v) is 6.77. The maximum Gasteiger partial charge on any atom is 0.0510 e. The zero-order valence-electron chi connectivity index (χ0n) is 10.9. The smallest absolute Gasteiger partial charge is 0.0510 e. The van der Waals surface area contributed by atoms with E-state index < -0.39 is 0 Å². The minimum Gasteiger partial charge on any atom is -0.381 e. The zero-order chi connectivity index (χ0) is 11.4. The fraction of sp³-hybridized carbons (Fsp3) is 1.00. The Hall–Kier alpha value is -0.0800. The van der Waals surface area contributed by atoms with Gasteiger partial charge in [-0.05, 0) is 61.8 Å². The van der Waals surface area contributed by atoms with Crippen LogP contribution in [0.25, 0.3) is 0 Å². The molecule has 1 heterocycles. The number of rotatable bonds is 4. The SMILES string of the molecule is CCNC(C1CCOC1)C1C2C3CCC(C3)C21. The maximum absolute atomic E-state index is 5.61. The van der Waals surface area contributed by atoms with Gasteiger partial charge in [0.1, 0.15) is 0 Å². The van der Waals surface area contributed by atoms with E-state index >= 15 is 0 Å². The lowest BCUT2D eigenvalue weighted by molar-refractivity contribution is 0.169. The standard InChI is InChI=1S/C15H25NO/c1-2-16-15(11-5-6-17-8-11)14-12-9-3-4-10(7-9)13(12)14/h9-16H,2-8H2,1H3. The molecule has 6 unspecified atom stereocenters. The molecule has 2 nitrogen and oxygen atoms in total. The van der Waals surface area contributed by atoms with Crippen molar-refractivity contribution < 1.29 is 4.74 Å². The van der Waals surface area contributed by atoms with Gasteiger partial charge in [-0.1, -0.05) is 6.92 Å². The zero-order valence-corrected chi connectivity index (χ0v) is 10.9. The summed E-state index contributed by atoms with van der Waals surface area (Å²) in [6.07, 6.45) is 5.96. The number of hydrogen-bond donors (Lipinski definition) is 1. The number of ether oxygens (including phenoxy) is 1. The summed E-state index contributed by atoms with van der Waals surface area (Å²) in [6, 6.07) is 0.779. The summed E-state index contributed by atoms with van der Waals surface area (Å²) in [6.45, 7) is 5.41. The molecule has 0 spiro atoms. The van der Waals surface area contributed by atoms with E-state index in [1.807, 2.05) is 0 Å². The quantitative estimate of drug-likeness (QED) is 0.807. The first kappa shape index (κ1) is 10.8. The Bertz CT molecular complexity index is 283. The van der Waals surface area contributed by atoms with Gasteiger partial charge in [-0.15, -0.1) is 0 Å². The van der Waals surface area contributed by atoms with Crippen molar-refractivity contribution in [1.82, 2.24) is 5.32 Å². The van der Waals surface area contributed by atoms with Crippen molar-refractivity contribution in [1.29, 1.82) is 0 Å². The van der Waals surface area contributed by atoms with E-state index in [0.717, 1.165) is 61.3 Å². The van der Waals surface area contributed by atoms with Crippen molar-refractivity contribution in [3.05, 3.63) is 0 Å². The van der Waals surface area contributed by atoms with E-state index in [-0.39, 0.29) is 0 Å². The van der Waals surface area contributed by atoms with E-state index in [1.165, 1.54) is 6.42 Å². The number of hydrogen-bond acceptors (Lipinski definition) is 2. The number of fused-ring (bicyclic) bond motifs is 5. The van der Waals surface area contributed by atoms with Gasteiger partial charge in [0.25, 0.3) is 0 Å². The Labute approximate surface area is 104 Å². The van der Waals surface area contributed by atoms with E-state index in [4.69, 9.17) is 4.74 Å². The van der Waals surface area contributed by atoms with Crippen LogP contribution in [0.5, 0.6) is 0 Å². The van der Waals surface area contributed by atoms with Crippen molar-refractivity contribution in [2.45, 2.75) is 38.6 Å². The molecule has 0 amide bonds. The molecule has 0 aromatic rings. The summed E-state index contributed by atoms with van der Waals surface area (Å²) in [4.78, 5) is 0. The Kier molecular flexibility index (Phi) is 2.52. The molecule has 96 valence electrons. The molecule has 0 aromatic carbocycles. The summed E-state index contributed by atoms with van der Waals surface area (Å²) in [7, 11) is 0. The van der Waals surface area contributed by atoms with Gasteiger partial charge in [-0.25, -0.2) is 0 Å². The van der Waals surface area contributed by atoms with Gasteiger partial charge in [-0.2, -0.15) is 0 Å². The molecule has 2 bridgehead atoms. The van der Waals surface area contributed by atoms with Crippen molar-refractivity contribution >= 4 is 0 Å².